The standard InChI is InChI=1S/C10H11ClN2O3/c11-9-7(3-4-16-9)10(15)12-5-6-1-2-8(14)13-6/h3-4,6H,1-2,5H2,(H,12,15)(H,13,14). The van der Waals surface area contributed by atoms with Gasteiger partial charge in [0.05, 0.1) is 11.8 Å². The monoisotopic (exact) mass is 242 g/mol. The summed E-state index contributed by atoms with van der Waals surface area (Å²) < 4.78 is 4.81. The van der Waals surface area contributed by atoms with Crippen molar-refractivity contribution in [3.63, 3.8) is 0 Å². The van der Waals surface area contributed by atoms with Crippen LogP contribution in [0.15, 0.2) is 16.7 Å². The largest absolute Gasteiger partial charge is 0.452 e. The smallest absolute Gasteiger partial charge is 0.256 e. The van der Waals surface area contributed by atoms with E-state index in [-0.39, 0.29) is 23.1 Å². The highest BCUT2D eigenvalue weighted by molar-refractivity contribution is 6.32. The van der Waals surface area contributed by atoms with Crippen LogP contribution in [-0.2, 0) is 4.79 Å². The van der Waals surface area contributed by atoms with Gasteiger partial charge in [0.1, 0.15) is 0 Å². The molecule has 1 saturated heterocycles. The van der Waals surface area contributed by atoms with Gasteiger partial charge >= 0.3 is 0 Å². The lowest BCUT2D eigenvalue weighted by atomic mass is 10.2. The third kappa shape index (κ3) is 2.36. The number of carbonyl (C=O) groups excluding carboxylic acids is 2. The number of furan rings is 1. The van der Waals surface area contributed by atoms with Crippen LogP contribution in [0.3, 0.4) is 0 Å². The summed E-state index contributed by atoms with van der Waals surface area (Å²) in [6.07, 6.45) is 2.62. The lowest BCUT2D eigenvalue weighted by Crippen LogP contribution is -2.38. The van der Waals surface area contributed by atoms with Crippen molar-refractivity contribution >= 4 is 23.4 Å². The van der Waals surface area contributed by atoms with E-state index in [0.29, 0.717) is 18.5 Å². The number of hydrogen-bond donors (Lipinski definition) is 2. The summed E-state index contributed by atoms with van der Waals surface area (Å²) in [5, 5.41) is 5.53. The summed E-state index contributed by atoms with van der Waals surface area (Å²) in [6, 6.07) is 1.52. The number of rotatable bonds is 3. The van der Waals surface area contributed by atoms with Gasteiger partial charge in [-0.15, -0.1) is 0 Å². The van der Waals surface area contributed by atoms with Gasteiger partial charge < -0.3 is 15.1 Å². The van der Waals surface area contributed by atoms with Crippen LogP contribution in [-0.4, -0.2) is 24.4 Å². The first-order valence-electron chi connectivity index (χ1n) is 4.97. The molecular weight excluding hydrogens is 232 g/mol. The van der Waals surface area contributed by atoms with Crippen molar-refractivity contribution in [2.75, 3.05) is 6.54 Å². The Bertz CT molecular complexity index is 416. The summed E-state index contributed by atoms with van der Waals surface area (Å²) in [6.45, 7) is 0.409. The average Bonchev–Trinajstić information content (AvgIpc) is 2.84. The fraction of sp³-hybridized carbons (Fsp3) is 0.400. The predicted molar refractivity (Wildman–Crippen MR) is 57.2 cm³/mol. The second kappa shape index (κ2) is 4.57. The van der Waals surface area contributed by atoms with Gasteiger partial charge in [-0.2, -0.15) is 0 Å². The van der Waals surface area contributed by atoms with E-state index < -0.39 is 0 Å². The van der Waals surface area contributed by atoms with Crippen LogP contribution in [0.2, 0.25) is 5.22 Å². The SMILES string of the molecule is O=C1CCC(CNC(=O)c2ccoc2Cl)N1. The molecule has 16 heavy (non-hydrogen) atoms. The molecule has 1 fully saturated rings. The van der Waals surface area contributed by atoms with Crippen LogP contribution in [0.5, 0.6) is 0 Å². The lowest BCUT2D eigenvalue weighted by molar-refractivity contribution is -0.119. The highest BCUT2D eigenvalue weighted by atomic mass is 35.5. The Morgan fingerprint density at radius 1 is 1.69 bits per heavy atom. The molecule has 1 aliphatic rings. The lowest BCUT2D eigenvalue weighted by Gasteiger charge is -2.10. The van der Waals surface area contributed by atoms with Gasteiger partial charge in [-0.1, -0.05) is 0 Å². The Hall–Kier alpha value is -1.49. The van der Waals surface area contributed by atoms with E-state index >= 15 is 0 Å². The van der Waals surface area contributed by atoms with Crippen molar-refractivity contribution in [1.29, 1.82) is 0 Å². The normalized spacial score (nSPS) is 19.6. The van der Waals surface area contributed by atoms with Crippen molar-refractivity contribution in [3.8, 4) is 0 Å². The third-order valence-electron chi connectivity index (χ3n) is 2.46. The molecule has 2 rings (SSSR count). The van der Waals surface area contributed by atoms with Gasteiger partial charge in [-0.05, 0) is 24.1 Å². The van der Waals surface area contributed by atoms with E-state index in [1.54, 1.807) is 0 Å². The molecule has 0 radical (unpaired) electrons. The summed E-state index contributed by atoms with van der Waals surface area (Å²) >= 11 is 5.66. The molecule has 0 saturated carbocycles. The Labute approximate surface area is 97.1 Å². The van der Waals surface area contributed by atoms with Crippen LogP contribution in [0.4, 0.5) is 0 Å². The average molecular weight is 243 g/mol. The molecule has 1 aromatic heterocycles. The zero-order valence-corrected chi connectivity index (χ0v) is 9.21. The van der Waals surface area contributed by atoms with Crippen molar-refractivity contribution in [1.82, 2.24) is 10.6 Å². The van der Waals surface area contributed by atoms with Crippen molar-refractivity contribution < 1.29 is 14.0 Å². The Morgan fingerprint density at radius 3 is 3.06 bits per heavy atom. The van der Waals surface area contributed by atoms with Crippen LogP contribution in [0, 0.1) is 0 Å². The first kappa shape index (κ1) is 11.0. The Morgan fingerprint density at radius 2 is 2.50 bits per heavy atom. The van der Waals surface area contributed by atoms with Gasteiger partial charge in [0.25, 0.3) is 5.91 Å². The molecule has 2 heterocycles. The van der Waals surface area contributed by atoms with Crippen LogP contribution >= 0.6 is 11.6 Å². The molecule has 2 N–H and O–H groups in total. The Balaban J connectivity index is 1.85. The molecule has 86 valence electrons. The molecule has 0 bridgehead atoms. The van der Waals surface area contributed by atoms with Gasteiger partial charge in [-0.25, -0.2) is 0 Å². The maximum absolute atomic E-state index is 11.6. The third-order valence-corrected chi connectivity index (χ3v) is 2.75. The van der Waals surface area contributed by atoms with E-state index in [4.69, 9.17) is 16.0 Å². The molecule has 2 amide bonds. The van der Waals surface area contributed by atoms with E-state index in [0.717, 1.165) is 6.42 Å². The van der Waals surface area contributed by atoms with Gasteiger partial charge in [0.15, 0.2) is 0 Å². The van der Waals surface area contributed by atoms with E-state index in [1.807, 2.05) is 0 Å². The number of nitrogens with one attached hydrogen (secondary N) is 2. The minimum absolute atomic E-state index is 0.0159. The van der Waals surface area contributed by atoms with Crippen molar-refractivity contribution in [2.45, 2.75) is 18.9 Å². The molecule has 1 atom stereocenters. The minimum atomic E-state index is -0.292. The topological polar surface area (TPSA) is 71.3 Å². The van der Waals surface area contributed by atoms with E-state index in [2.05, 4.69) is 10.6 Å². The Kier molecular flexibility index (Phi) is 3.14. The number of amides is 2. The summed E-state index contributed by atoms with van der Waals surface area (Å²) in [7, 11) is 0. The molecule has 0 aromatic carbocycles. The second-order valence-electron chi connectivity index (χ2n) is 3.62. The first-order valence-corrected chi connectivity index (χ1v) is 5.35. The molecule has 6 heteroatoms. The molecule has 0 spiro atoms. The van der Waals surface area contributed by atoms with Crippen molar-refractivity contribution in [3.05, 3.63) is 23.1 Å². The predicted octanol–water partition coefficient (Wildman–Crippen LogP) is 0.941. The van der Waals surface area contributed by atoms with Gasteiger partial charge in [-0.3, -0.25) is 9.59 Å². The molecule has 1 aromatic rings. The number of hydrogen-bond acceptors (Lipinski definition) is 3. The fourth-order valence-corrected chi connectivity index (χ4v) is 1.80. The molecule has 0 aliphatic carbocycles. The quantitative estimate of drug-likeness (QED) is 0.829. The second-order valence-corrected chi connectivity index (χ2v) is 3.96. The van der Waals surface area contributed by atoms with E-state index in [1.165, 1.54) is 12.3 Å². The summed E-state index contributed by atoms with van der Waals surface area (Å²) in [4.78, 5) is 22.5. The minimum Gasteiger partial charge on any atom is -0.452 e. The fourth-order valence-electron chi connectivity index (χ4n) is 1.60. The maximum atomic E-state index is 11.6. The molecule has 1 aliphatic heterocycles. The van der Waals surface area contributed by atoms with Crippen LogP contribution < -0.4 is 10.6 Å². The molecular formula is C10H11ClN2O3. The zero-order chi connectivity index (χ0) is 11.5. The van der Waals surface area contributed by atoms with Gasteiger partial charge in [0.2, 0.25) is 11.1 Å². The molecule has 5 nitrogen and oxygen atoms in total. The summed E-state index contributed by atoms with van der Waals surface area (Å²) in [5.74, 6) is -0.263. The zero-order valence-electron chi connectivity index (χ0n) is 8.46. The molecule has 1 unspecified atom stereocenters. The highest BCUT2D eigenvalue weighted by Gasteiger charge is 2.21. The van der Waals surface area contributed by atoms with Crippen LogP contribution in [0.1, 0.15) is 23.2 Å². The van der Waals surface area contributed by atoms with E-state index in [9.17, 15) is 9.59 Å². The highest BCUT2D eigenvalue weighted by Crippen LogP contribution is 2.16. The summed E-state index contributed by atoms with van der Waals surface area (Å²) in [5.41, 5.74) is 0.311. The first-order chi connectivity index (χ1) is 7.66. The maximum Gasteiger partial charge on any atom is 0.256 e. The van der Waals surface area contributed by atoms with Crippen molar-refractivity contribution in [2.24, 2.45) is 0 Å². The number of halogens is 1. The van der Waals surface area contributed by atoms with Gasteiger partial charge in [0, 0.05) is 19.0 Å². The number of carbonyl (C=O) groups is 2. The van der Waals surface area contributed by atoms with Crippen LogP contribution in [0.25, 0.3) is 0 Å².